The first-order chi connectivity index (χ1) is 12.5. The monoisotopic (exact) mass is 351 g/mol. The van der Waals surface area contributed by atoms with Crippen LogP contribution >= 0.6 is 0 Å². The first-order valence-electron chi connectivity index (χ1n) is 9.49. The number of amides is 1. The van der Waals surface area contributed by atoms with Crippen LogP contribution in [0.5, 0.6) is 0 Å². The van der Waals surface area contributed by atoms with Gasteiger partial charge in [0.1, 0.15) is 0 Å². The molecule has 0 bridgehead atoms. The van der Waals surface area contributed by atoms with E-state index in [1.54, 1.807) is 12.1 Å². The summed E-state index contributed by atoms with van der Waals surface area (Å²) in [4.78, 5) is 13.6. The summed E-state index contributed by atoms with van der Waals surface area (Å²) >= 11 is 0. The maximum Gasteiger partial charge on any atom is 0.248 e. The highest BCUT2D eigenvalue weighted by Crippen LogP contribution is 2.30. The summed E-state index contributed by atoms with van der Waals surface area (Å²) in [5.74, 6) is 0.366. The van der Waals surface area contributed by atoms with Gasteiger partial charge in [0.25, 0.3) is 0 Å². The molecule has 0 saturated carbocycles. The molecule has 0 fully saturated rings. The van der Waals surface area contributed by atoms with Crippen molar-refractivity contribution in [3.8, 4) is 0 Å². The van der Waals surface area contributed by atoms with Gasteiger partial charge in [-0.2, -0.15) is 0 Å². The fourth-order valence-electron chi connectivity index (χ4n) is 3.42. The zero-order valence-corrected chi connectivity index (χ0v) is 15.8. The first kappa shape index (κ1) is 18.5. The molecular weight excluding hydrogens is 322 g/mol. The van der Waals surface area contributed by atoms with Crippen molar-refractivity contribution in [3.63, 3.8) is 0 Å². The highest BCUT2D eigenvalue weighted by Gasteiger charge is 2.19. The number of carbonyl (C=O) groups excluding carboxylic acids is 1. The van der Waals surface area contributed by atoms with Crippen LogP contribution in [0.1, 0.15) is 47.3 Å². The quantitative estimate of drug-likeness (QED) is 0.716. The molecule has 26 heavy (non-hydrogen) atoms. The zero-order chi connectivity index (χ0) is 18.5. The first-order valence-corrected chi connectivity index (χ1v) is 9.49. The van der Waals surface area contributed by atoms with Gasteiger partial charge in [-0.25, -0.2) is 0 Å². The van der Waals surface area contributed by atoms with E-state index in [9.17, 15) is 4.79 Å². The summed E-state index contributed by atoms with van der Waals surface area (Å²) in [5.41, 5.74) is 11.2. The maximum absolute atomic E-state index is 11.2. The van der Waals surface area contributed by atoms with Gasteiger partial charge >= 0.3 is 0 Å². The molecule has 1 heterocycles. The fourth-order valence-corrected chi connectivity index (χ4v) is 3.42. The SMILES string of the molecule is CC(C)CCNCc1ccc2c(c1)CCN2Cc1ccc(C(N)=O)cc1. The molecule has 4 heteroatoms. The Kier molecular flexibility index (Phi) is 5.94. The Morgan fingerprint density at radius 2 is 1.88 bits per heavy atom. The van der Waals surface area contributed by atoms with Crippen molar-refractivity contribution in [1.82, 2.24) is 5.32 Å². The van der Waals surface area contributed by atoms with E-state index in [1.807, 2.05) is 12.1 Å². The number of primary amides is 1. The van der Waals surface area contributed by atoms with Gasteiger partial charge in [0, 0.05) is 30.9 Å². The van der Waals surface area contributed by atoms with E-state index >= 15 is 0 Å². The van der Waals surface area contributed by atoms with Crippen LogP contribution in [0, 0.1) is 5.92 Å². The minimum Gasteiger partial charge on any atom is -0.367 e. The molecular formula is C22H29N3O. The zero-order valence-electron chi connectivity index (χ0n) is 15.8. The molecule has 0 saturated heterocycles. The molecule has 0 unspecified atom stereocenters. The predicted molar refractivity (Wildman–Crippen MR) is 107 cm³/mol. The fraction of sp³-hybridized carbons (Fsp3) is 0.409. The third kappa shape index (κ3) is 4.64. The number of rotatable bonds is 8. The largest absolute Gasteiger partial charge is 0.367 e. The van der Waals surface area contributed by atoms with Crippen molar-refractivity contribution < 1.29 is 4.79 Å². The van der Waals surface area contributed by atoms with Gasteiger partial charge in [0.15, 0.2) is 0 Å². The molecule has 2 aromatic carbocycles. The van der Waals surface area contributed by atoms with Crippen molar-refractivity contribution in [1.29, 1.82) is 0 Å². The Morgan fingerprint density at radius 1 is 1.15 bits per heavy atom. The third-order valence-electron chi connectivity index (χ3n) is 4.98. The maximum atomic E-state index is 11.2. The molecule has 1 aliphatic rings. The molecule has 3 rings (SSSR count). The molecule has 0 atom stereocenters. The van der Waals surface area contributed by atoms with Gasteiger partial charge < -0.3 is 16.0 Å². The van der Waals surface area contributed by atoms with Crippen LogP contribution in [0.3, 0.4) is 0 Å². The summed E-state index contributed by atoms with van der Waals surface area (Å²) in [6, 6.07) is 14.4. The lowest BCUT2D eigenvalue weighted by atomic mass is 10.1. The van der Waals surface area contributed by atoms with Gasteiger partial charge in [-0.05, 0) is 60.2 Å². The highest BCUT2D eigenvalue weighted by molar-refractivity contribution is 5.92. The molecule has 138 valence electrons. The number of nitrogens with one attached hydrogen (secondary N) is 1. The van der Waals surface area contributed by atoms with E-state index in [2.05, 4.69) is 42.3 Å². The average Bonchev–Trinajstić information content (AvgIpc) is 3.01. The number of hydrogen-bond donors (Lipinski definition) is 2. The Labute approximate surface area is 156 Å². The van der Waals surface area contributed by atoms with Crippen LogP contribution < -0.4 is 16.0 Å². The standard InChI is InChI=1S/C22H29N3O/c1-16(2)9-11-24-14-18-5-8-21-20(13-18)10-12-25(21)15-17-3-6-19(7-4-17)22(23)26/h3-8,13,16,24H,9-12,14-15H2,1-2H3,(H2,23,26). The molecule has 0 radical (unpaired) electrons. The second kappa shape index (κ2) is 8.37. The van der Waals surface area contributed by atoms with Crippen LogP contribution in [0.15, 0.2) is 42.5 Å². The Balaban J connectivity index is 1.59. The number of benzene rings is 2. The molecule has 3 N–H and O–H groups in total. The van der Waals surface area contributed by atoms with E-state index in [0.29, 0.717) is 5.56 Å². The van der Waals surface area contributed by atoms with Gasteiger partial charge in [0.2, 0.25) is 5.91 Å². The Hall–Kier alpha value is -2.33. The van der Waals surface area contributed by atoms with Crippen molar-refractivity contribution in [2.45, 2.75) is 39.8 Å². The van der Waals surface area contributed by atoms with Crippen LogP contribution in [-0.4, -0.2) is 19.0 Å². The van der Waals surface area contributed by atoms with Crippen molar-refractivity contribution in [2.24, 2.45) is 11.7 Å². The summed E-state index contributed by atoms with van der Waals surface area (Å²) < 4.78 is 0. The summed E-state index contributed by atoms with van der Waals surface area (Å²) in [7, 11) is 0. The second-order valence-corrected chi connectivity index (χ2v) is 7.56. The van der Waals surface area contributed by atoms with Gasteiger partial charge in [-0.15, -0.1) is 0 Å². The number of nitrogens with two attached hydrogens (primary N) is 1. The molecule has 0 aliphatic carbocycles. The van der Waals surface area contributed by atoms with Crippen LogP contribution in [-0.2, 0) is 19.5 Å². The molecule has 4 nitrogen and oxygen atoms in total. The average molecular weight is 351 g/mol. The van der Waals surface area contributed by atoms with E-state index < -0.39 is 0 Å². The summed E-state index contributed by atoms with van der Waals surface area (Å²) in [5, 5.41) is 3.54. The normalized spacial score (nSPS) is 13.3. The predicted octanol–water partition coefficient (Wildman–Crippen LogP) is 3.48. The smallest absolute Gasteiger partial charge is 0.248 e. The number of anilines is 1. The number of nitrogens with zero attached hydrogens (tertiary/aromatic N) is 1. The lowest BCUT2D eigenvalue weighted by molar-refractivity contribution is 0.100. The molecule has 1 aliphatic heterocycles. The van der Waals surface area contributed by atoms with E-state index in [-0.39, 0.29) is 5.91 Å². The van der Waals surface area contributed by atoms with Gasteiger partial charge in [-0.1, -0.05) is 38.1 Å². The van der Waals surface area contributed by atoms with Crippen LogP contribution in [0.4, 0.5) is 5.69 Å². The van der Waals surface area contributed by atoms with Crippen molar-refractivity contribution >= 4 is 11.6 Å². The topological polar surface area (TPSA) is 58.4 Å². The Morgan fingerprint density at radius 3 is 2.58 bits per heavy atom. The molecule has 0 spiro atoms. The molecule has 0 aromatic heterocycles. The number of fused-ring (bicyclic) bond motifs is 1. The second-order valence-electron chi connectivity index (χ2n) is 7.56. The summed E-state index contributed by atoms with van der Waals surface area (Å²) in [6.45, 7) is 8.42. The Bertz CT molecular complexity index is 752. The van der Waals surface area contributed by atoms with Crippen LogP contribution in [0.25, 0.3) is 0 Å². The van der Waals surface area contributed by atoms with Gasteiger partial charge in [-0.3, -0.25) is 4.79 Å². The third-order valence-corrected chi connectivity index (χ3v) is 4.98. The summed E-state index contributed by atoms with van der Waals surface area (Å²) in [6.07, 6.45) is 2.31. The van der Waals surface area contributed by atoms with E-state index in [1.165, 1.54) is 28.8 Å². The minimum atomic E-state index is -0.377. The lowest BCUT2D eigenvalue weighted by Gasteiger charge is -2.20. The van der Waals surface area contributed by atoms with Crippen molar-refractivity contribution in [3.05, 3.63) is 64.7 Å². The van der Waals surface area contributed by atoms with Crippen molar-refractivity contribution in [2.75, 3.05) is 18.0 Å². The minimum absolute atomic E-state index is 0.377. The van der Waals surface area contributed by atoms with Gasteiger partial charge in [0.05, 0.1) is 0 Å². The van der Waals surface area contributed by atoms with E-state index in [4.69, 9.17) is 5.73 Å². The van der Waals surface area contributed by atoms with Crippen LogP contribution in [0.2, 0.25) is 0 Å². The molecule has 1 amide bonds. The number of carbonyl (C=O) groups is 1. The number of hydrogen-bond acceptors (Lipinski definition) is 3. The molecule has 2 aromatic rings. The van der Waals surface area contributed by atoms with E-state index in [0.717, 1.165) is 38.5 Å². The lowest BCUT2D eigenvalue weighted by Crippen LogP contribution is -2.20. The highest BCUT2D eigenvalue weighted by atomic mass is 16.1.